The zero-order valence-corrected chi connectivity index (χ0v) is 19.1. The highest BCUT2D eigenvalue weighted by Crippen LogP contribution is 2.25. The van der Waals surface area contributed by atoms with Crippen LogP contribution in [0.3, 0.4) is 0 Å². The minimum atomic E-state index is -0.459. The van der Waals surface area contributed by atoms with E-state index in [-0.39, 0.29) is 11.6 Å². The van der Waals surface area contributed by atoms with Crippen molar-refractivity contribution in [2.24, 2.45) is 0 Å². The van der Waals surface area contributed by atoms with Crippen molar-refractivity contribution in [2.45, 2.75) is 33.7 Å². The van der Waals surface area contributed by atoms with Crippen LogP contribution in [0.25, 0.3) is 10.9 Å². The van der Waals surface area contributed by atoms with Gasteiger partial charge in [0.25, 0.3) is 5.91 Å². The molecular formula is C26H23FN6O. The fourth-order valence-corrected chi connectivity index (χ4v) is 3.79. The summed E-state index contributed by atoms with van der Waals surface area (Å²) in [6.07, 6.45) is 0.615. The fourth-order valence-electron chi connectivity index (χ4n) is 3.79. The minimum absolute atomic E-state index is 0.181. The standard InChI is InChI=1S/C26H23FN6O/c1-4-22-25(16(3)33(32-22)14-18-7-5-17(13-28)6-8-18)31-26(34)21-12-23(15(2)29)30-24-11-19(27)9-10-20(21)24/h5-12,29H,4,14H2,1-3H3,(H,31,34). The number of hydrogen-bond donors (Lipinski definition) is 2. The van der Waals surface area contributed by atoms with Crippen molar-refractivity contribution in [3.8, 4) is 6.07 Å². The van der Waals surface area contributed by atoms with Crippen molar-refractivity contribution in [3.63, 3.8) is 0 Å². The molecule has 0 bridgehead atoms. The molecule has 0 unspecified atom stereocenters. The normalized spacial score (nSPS) is 10.8. The third kappa shape index (κ3) is 4.41. The number of nitrogens with one attached hydrogen (secondary N) is 2. The Bertz CT molecular complexity index is 1460. The SMILES string of the molecule is CCc1nn(Cc2ccc(C#N)cc2)c(C)c1NC(=O)c1cc(C(C)=N)nc2cc(F)ccc12. The molecule has 1 amide bonds. The Labute approximate surface area is 196 Å². The largest absolute Gasteiger partial charge is 0.319 e. The van der Waals surface area contributed by atoms with Crippen LogP contribution in [0.5, 0.6) is 0 Å². The average molecular weight is 455 g/mol. The van der Waals surface area contributed by atoms with E-state index in [9.17, 15) is 9.18 Å². The average Bonchev–Trinajstić information content (AvgIpc) is 3.12. The first-order chi connectivity index (χ1) is 16.3. The van der Waals surface area contributed by atoms with Gasteiger partial charge in [-0.15, -0.1) is 0 Å². The zero-order valence-electron chi connectivity index (χ0n) is 19.1. The van der Waals surface area contributed by atoms with E-state index in [1.165, 1.54) is 18.2 Å². The van der Waals surface area contributed by atoms with E-state index in [4.69, 9.17) is 10.7 Å². The van der Waals surface area contributed by atoms with Crippen LogP contribution in [0.4, 0.5) is 10.1 Å². The first kappa shape index (κ1) is 22.8. The van der Waals surface area contributed by atoms with Gasteiger partial charge in [0.1, 0.15) is 5.82 Å². The van der Waals surface area contributed by atoms with E-state index in [0.29, 0.717) is 46.4 Å². The lowest BCUT2D eigenvalue weighted by molar-refractivity contribution is 0.102. The molecule has 0 atom stereocenters. The summed E-state index contributed by atoms with van der Waals surface area (Å²) in [6.45, 7) is 5.92. The number of anilines is 1. The van der Waals surface area contributed by atoms with E-state index in [0.717, 1.165) is 17.0 Å². The van der Waals surface area contributed by atoms with Crippen molar-refractivity contribution in [3.05, 3.63) is 88.1 Å². The topological polar surface area (TPSA) is 107 Å². The molecule has 4 rings (SSSR count). The maximum Gasteiger partial charge on any atom is 0.256 e. The Kier molecular flexibility index (Phi) is 6.19. The molecule has 0 aliphatic carbocycles. The maximum atomic E-state index is 13.8. The molecule has 0 radical (unpaired) electrons. The Balaban J connectivity index is 1.70. The summed E-state index contributed by atoms with van der Waals surface area (Å²) < 4.78 is 15.6. The molecule has 0 fully saturated rings. The summed E-state index contributed by atoms with van der Waals surface area (Å²) in [7, 11) is 0. The van der Waals surface area contributed by atoms with Gasteiger partial charge in [-0.1, -0.05) is 19.1 Å². The fraction of sp³-hybridized carbons (Fsp3) is 0.192. The smallest absolute Gasteiger partial charge is 0.256 e. The molecule has 0 saturated heterocycles. The quantitative estimate of drug-likeness (QED) is 0.400. The number of pyridine rings is 1. The van der Waals surface area contributed by atoms with Crippen molar-refractivity contribution in [2.75, 3.05) is 5.32 Å². The van der Waals surface area contributed by atoms with E-state index in [1.54, 1.807) is 25.1 Å². The molecule has 34 heavy (non-hydrogen) atoms. The lowest BCUT2D eigenvalue weighted by atomic mass is 10.0. The van der Waals surface area contributed by atoms with E-state index < -0.39 is 5.82 Å². The number of rotatable bonds is 6. The Hall–Kier alpha value is -4.38. The highest BCUT2D eigenvalue weighted by Gasteiger charge is 2.20. The Morgan fingerprint density at radius 1 is 1.21 bits per heavy atom. The Morgan fingerprint density at radius 2 is 1.94 bits per heavy atom. The summed E-state index contributed by atoms with van der Waals surface area (Å²) in [6, 6.07) is 15.0. The number of aromatic nitrogens is 3. The highest BCUT2D eigenvalue weighted by atomic mass is 19.1. The maximum absolute atomic E-state index is 13.8. The summed E-state index contributed by atoms with van der Waals surface area (Å²) in [5, 5.41) is 25.1. The van der Waals surface area contributed by atoms with Crippen molar-refractivity contribution >= 4 is 28.2 Å². The van der Waals surface area contributed by atoms with E-state index >= 15 is 0 Å². The predicted molar refractivity (Wildman–Crippen MR) is 129 cm³/mol. The van der Waals surface area contributed by atoms with Gasteiger partial charge in [0, 0.05) is 11.5 Å². The molecule has 2 heterocycles. The second-order valence-corrected chi connectivity index (χ2v) is 8.02. The van der Waals surface area contributed by atoms with Gasteiger partial charge in [0.2, 0.25) is 0 Å². The van der Waals surface area contributed by atoms with Crippen LogP contribution in [0, 0.1) is 29.5 Å². The molecule has 2 aromatic carbocycles. The van der Waals surface area contributed by atoms with Gasteiger partial charge >= 0.3 is 0 Å². The van der Waals surface area contributed by atoms with Crippen LogP contribution >= 0.6 is 0 Å². The molecule has 2 N–H and O–H groups in total. The van der Waals surface area contributed by atoms with Crippen LogP contribution in [-0.2, 0) is 13.0 Å². The van der Waals surface area contributed by atoms with Gasteiger partial charge in [-0.25, -0.2) is 9.37 Å². The highest BCUT2D eigenvalue weighted by molar-refractivity contribution is 6.14. The number of carbonyl (C=O) groups excluding carboxylic acids is 1. The lowest BCUT2D eigenvalue weighted by Crippen LogP contribution is -2.16. The second-order valence-electron chi connectivity index (χ2n) is 8.02. The molecule has 0 saturated carbocycles. The zero-order chi connectivity index (χ0) is 24.4. The monoisotopic (exact) mass is 454 g/mol. The Morgan fingerprint density at radius 3 is 2.59 bits per heavy atom. The minimum Gasteiger partial charge on any atom is -0.319 e. The number of hydrogen-bond acceptors (Lipinski definition) is 5. The molecule has 170 valence electrons. The van der Waals surface area contributed by atoms with Crippen LogP contribution in [0.15, 0.2) is 48.5 Å². The number of fused-ring (bicyclic) bond motifs is 1. The summed E-state index contributed by atoms with van der Waals surface area (Å²) in [4.78, 5) is 17.7. The third-order valence-electron chi connectivity index (χ3n) is 5.67. The number of amides is 1. The van der Waals surface area contributed by atoms with E-state index in [1.807, 2.05) is 30.7 Å². The summed E-state index contributed by atoms with van der Waals surface area (Å²) in [5.74, 6) is -0.837. The van der Waals surface area contributed by atoms with Crippen molar-refractivity contribution < 1.29 is 9.18 Å². The van der Waals surface area contributed by atoms with Gasteiger partial charge in [-0.2, -0.15) is 10.4 Å². The molecule has 0 aliphatic rings. The number of nitriles is 1. The first-order valence-corrected chi connectivity index (χ1v) is 10.8. The third-order valence-corrected chi connectivity index (χ3v) is 5.67. The summed E-state index contributed by atoms with van der Waals surface area (Å²) >= 11 is 0. The molecule has 0 spiro atoms. The molecule has 0 aliphatic heterocycles. The van der Waals surface area contributed by atoms with Gasteiger partial charge in [-0.3, -0.25) is 9.48 Å². The van der Waals surface area contributed by atoms with Crippen molar-refractivity contribution in [1.29, 1.82) is 10.7 Å². The molecule has 8 heteroatoms. The van der Waals surface area contributed by atoms with Gasteiger partial charge < -0.3 is 10.7 Å². The van der Waals surface area contributed by atoms with Crippen LogP contribution in [0.2, 0.25) is 0 Å². The molecule has 7 nitrogen and oxygen atoms in total. The van der Waals surface area contributed by atoms with Gasteiger partial charge in [0.05, 0.1) is 57.7 Å². The predicted octanol–water partition coefficient (Wildman–Crippen LogP) is 5.00. The second kappa shape index (κ2) is 9.24. The van der Waals surface area contributed by atoms with Crippen LogP contribution in [-0.4, -0.2) is 26.4 Å². The number of halogens is 1. The first-order valence-electron chi connectivity index (χ1n) is 10.8. The van der Waals surface area contributed by atoms with Crippen LogP contribution < -0.4 is 5.32 Å². The molecular weight excluding hydrogens is 431 g/mol. The van der Waals surface area contributed by atoms with E-state index in [2.05, 4.69) is 21.5 Å². The number of aryl methyl sites for hydroxylation is 1. The van der Waals surface area contributed by atoms with Crippen LogP contribution in [0.1, 0.15) is 52.4 Å². The lowest BCUT2D eigenvalue weighted by Gasteiger charge is -2.11. The molecule has 4 aromatic rings. The number of benzene rings is 2. The van der Waals surface area contributed by atoms with Gasteiger partial charge in [0.15, 0.2) is 0 Å². The van der Waals surface area contributed by atoms with Crippen molar-refractivity contribution in [1.82, 2.24) is 14.8 Å². The summed E-state index contributed by atoms with van der Waals surface area (Å²) in [5.41, 5.74) is 4.86. The number of carbonyl (C=O) groups is 1. The molecule has 2 aromatic heterocycles. The number of nitrogens with zero attached hydrogens (tertiary/aromatic N) is 4. The van der Waals surface area contributed by atoms with Gasteiger partial charge in [-0.05, 0) is 56.2 Å².